The number of rotatable bonds is 5. The first kappa shape index (κ1) is 14.5. The summed E-state index contributed by atoms with van der Waals surface area (Å²) in [6, 6.07) is 6.39. The molecule has 6 heteroatoms. The van der Waals surface area contributed by atoms with E-state index in [4.69, 9.17) is 15.6 Å². The van der Waals surface area contributed by atoms with Crippen molar-refractivity contribution in [3.05, 3.63) is 35.4 Å². The van der Waals surface area contributed by atoms with Gasteiger partial charge in [-0.2, -0.15) is 0 Å². The molecule has 1 aliphatic heterocycles. The number of benzene rings is 1. The molecule has 0 aliphatic carbocycles. The van der Waals surface area contributed by atoms with Gasteiger partial charge in [-0.25, -0.2) is 4.79 Å². The molecule has 0 radical (unpaired) electrons. The Labute approximate surface area is 116 Å². The minimum Gasteiger partial charge on any atom is -0.478 e. The topological polar surface area (TPSA) is 102 Å². The van der Waals surface area contributed by atoms with Crippen molar-refractivity contribution in [2.45, 2.75) is 31.6 Å². The number of carboxylic acid groups (broad SMARTS) is 1. The molecule has 1 aromatic carbocycles. The molecule has 6 nitrogen and oxygen atoms in total. The molecule has 0 spiro atoms. The highest BCUT2D eigenvalue weighted by atomic mass is 16.5. The van der Waals surface area contributed by atoms with E-state index in [9.17, 15) is 9.59 Å². The van der Waals surface area contributed by atoms with Crippen molar-refractivity contribution >= 4 is 11.9 Å². The highest BCUT2D eigenvalue weighted by molar-refractivity contribution is 5.87. The van der Waals surface area contributed by atoms with Crippen LogP contribution in [0.25, 0.3) is 0 Å². The van der Waals surface area contributed by atoms with Crippen LogP contribution in [-0.2, 0) is 16.1 Å². The van der Waals surface area contributed by atoms with Gasteiger partial charge in [0.15, 0.2) is 0 Å². The Morgan fingerprint density at radius 1 is 1.30 bits per heavy atom. The fraction of sp³-hybridized carbons (Fsp3) is 0.429. The minimum absolute atomic E-state index is 0.0272. The molecule has 1 fully saturated rings. The second kappa shape index (κ2) is 6.49. The summed E-state index contributed by atoms with van der Waals surface area (Å²) in [6.07, 6.45) is 1.04. The molecule has 0 bridgehead atoms. The summed E-state index contributed by atoms with van der Waals surface area (Å²) < 4.78 is 5.50. The van der Waals surface area contributed by atoms with Gasteiger partial charge in [-0.05, 0) is 30.5 Å². The molecule has 20 heavy (non-hydrogen) atoms. The van der Waals surface area contributed by atoms with Crippen LogP contribution in [0.4, 0.5) is 0 Å². The number of amides is 1. The number of aromatic carboxylic acids is 1. The van der Waals surface area contributed by atoms with Crippen molar-refractivity contribution in [1.82, 2.24) is 5.32 Å². The predicted molar refractivity (Wildman–Crippen MR) is 72.2 cm³/mol. The van der Waals surface area contributed by atoms with Crippen LogP contribution in [0.15, 0.2) is 24.3 Å². The van der Waals surface area contributed by atoms with E-state index < -0.39 is 12.1 Å². The zero-order valence-electron chi connectivity index (χ0n) is 11.0. The molecule has 1 heterocycles. The lowest BCUT2D eigenvalue weighted by atomic mass is 10.1. The Morgan fingerprint density at radius 2 is 2.00 bits per heavy atom. The lowest BCUT2D eigenvalue weighted by Gasteiger charge is -2.12. The largest absolute Gasteiger partial charge is 0.478 e. The van der Waals surface area contributed by atoms with Gasteiger partial charge in [0, 0.05) is 13.1 Å². The van der Waals surface area contributed by atoms with Crippen molar-refractivity contribution in [2.75, 3.05) is 6.54 Å². The van der Waals surface area contributed by atoms with Crippen LogP contribution in [0.1, 0.15) is 28.8 Å². The zero-order valence-corrected chi connectivity index (χ0v) is 11.0. The number of nitrogens with one attached hydrogen (secondary N) is 1. The molecule has 1 saturated heterocycles. The molecule has 1 aliphatic rings. The summed E-state index contributed by atoms with van der Waals surface area (Å²) in [6.45, 7) is 0.784. The molecular weight excluding hydrogens is 260 g/mol. The first-order chi connectivity index (χ1) is 9.60. The van der Waals surface area contributed by atoms with E-state index in [-0.39, 0.29) is 17.6 Å². The van der Waals surface area contributed by atoms with E-state index in [1.54, 1.807) is 12.1 Å². The monoisotopic (exact) mass is 278 g/mol. The van der Waals surface area contributed by atoms with Crippen molar-refractivity contribution in [3.63, 3.8) is 0 Å². The Balaban J connectivity index is 1.83. The van der Waals surface area contributed by atoms with Crippen LogP contribution < -0.4 is 11.1 Å². The van der Waals surface area contributed by atoms with E-state index >= 15 is 0 Å². The van der Waals surface area contributed by atoms with Crippen molar-refractivity contribution in [2.24, 2.45) is 5.73 Å². The third-order valence-corrected chi connectivity index (χ3v) is 3.33. The number of ether oxygens (including phenoxy) is 1. The van der Waals surface area contributed by atoms with E-state index in [0.29, 0.717) is 19.5 Å². The normalized spacial score (nSPS) is 21.6. The van der Waals surface area contributed by atoms with Crippen LogP contribution in [0.3, 0.4) is 0 Å². The first-order valence-electron chi connectivity index (χ1n) is 6.55. The standard InChI is InChI=1S/C14H18N2O4/c15-7-11-5-6-12(20-11)13(17)16-8-9-1-3-10(4-2-9)14(18)19/h1-4,11-12H,5-8,15H2,(H,16,17)(H,18,19). The summed E-state index contributed by atoms with van der Waals surface area (Å²) in [5, 5.41) is 11.6. The molecule has 2 rings (SSSR count). The van der Waals surface area contributed by atoms with E-state index in [0.717, 1.165) is 12.0 Å². The molecular formula is C14H18N2O4. The quantitative estimate of drug-likeness (QED) is 0.728. The van der Waals surface area contributed by atoms with Crippen molar-refractivity contribution in [1.29, 1.82) is 0 Å². The van der Waals surface area contributed by atoms with Gasteiger partial charge < -0.3 is 20.9 Å². The van der Waals surface area contributed by atoms with Gasteiger partial charge in [-0.1, -0.05) is 12.1 Å². The second-order valence-electron chi connectivity index (χ2n) is 4.78. The Hall–Kier alpha value is -1.92. The average molecular weight is 278 g/mol. The Bertz CT molecular complexity index is 486. The molecule has 1 aromatic rings. The summed E-state index contributed by atoms with van der Waals surface area (Å²) in [5.74, 6) is -1.11. The maximum absolute atomic E-state index is 11.9. The summed E-state index contributed by atoms with van der Waals surface area (Å²) in [5.41, 5.74) is 6.57. The number of hydrogen-bond acceptors (Lipinski definition) is 4. The van der Waals surface area contributed by atoms with Crippen LogP contribution in [0, 0.1) is 0 Å². The van der Waals surface area contributed by atoms with Gasteiger partial charge in [-0.15, -0.1) is 0 Å². The zero-order chi connectivity index (χ0) is 14.5. The lowest BCUT2D eigenvalue weighted by Crippen LogP contribution is -2.35. The van der Waals surface area contributed by atoms with Crippen LogP contribution in [0.2, 0.25) is 0 Å². The molecule has 1 amide bonds. The molecule has 2 unspecified atom stereocenters. The summed E-state index contributed by atoms with van der Waals surface area (Å²) in [4.78, 5) is 22.6. The van der Waals surface area contributed by atoms with Gasteiger partial charge >= 0.3 is 5.97 Å². The second-order valence-corrected chi connectivity index (χ2v) is 4.78. The number of carboxylic acids is 1. The Kier molecular flexibility index (Phi) is 4.70. The van der Waals surface area contributed by atoms with Gasteiger partial charge in [0.05, 0.1) is 11.7 Å². The van der Waals surface area contributed by atoms with Crippen LogP contribution >= 0.6 is 0 Å². The third kappa shape index (κ3) is 3.55. The number of carbonyl (C=O) groups excluding carboxylic acids is 1. The van der Waals surface area contributed by atoms with Crippen molar-refractivity contribution in [3.8, 4) is 0 Å². The third-order valence-electron chi connectivity index (χ3n) is 3.33. The minimum atomic E-state index is -0.965. The molecule has 4 N–H and O–H groups in total. The SMILES string of the molecule is NCC1CCC(C(=O)NCc2ccc(C(=O)O)cc2)O1. The van der Waals surface area contributed by atoms with Gasteiger partial charge in [0.1, 0.15) is 6.10 Å². The van der Waals surface area contributed by atoms with Gasteiger partial charge in [-0.3, -0.25) is 4.79 Å². The van der Waals surface area contributed by atoms with E-state index in [1.807, 2.05) is 0 Å². The lowest BCUT2D eigenvalue weighted by molar-refractivity contribution is -0.132. The number of hydrogen-bond donors (Lipinski definition) is 3. The molecule has 0 saturated carbocycles. The van der Waals surface area contributed by atoms with Crippen LogP contribution in [-0.4, -0.2) is 35.7 Å². The first-order valence-corrected chi connectivity index (χ1v) is 6.55. The number of carbonyl (C=O) groups is 2. The van der Waals surface area contributed by atoms with Gasteiger partial charge in [0.25, 0.3) is 0 Å². The van der Waals surface area contributed by atoms with E-state index in [1.165, 1.54) is 12.1 Å². The summed E-state index contributed by atoms with van der Waals surface area (Å²) >= 11 is 0. The average Bonchev–Trinajstić information content (AvgIpc) is 2.94. The van der Waals surface area contributed by atoms with Crippen LogP contribution in [0.5, 0.6) is 0 Å². The van der Waals surface area contributed by atoms with Crippen molar-refractivity contribution < 1.29 is 19.4 Å². The Morgan fingerprint density at radius 3 is 2.55 bits per heavy atom. The predicted octanol–water partition coefficient (Wildman–Crippen LogP) is 0.507. The molecule has 0 aromatic heterocycles. The fourth-order valence-corrected chi connectivity index (χ4v) is 2.14. The fourth-order valence-electron chi connectivity index (χ4n) is 2.14. The maximum Gasteiger partial charge on any atom is 0.335 e. The van der Waals surface area contributed by atoms with E-state index in [2.05, 4.69) is 5.32 Å². The highest BCUT2D eigenvalue weighted by Crippen LogP contribution is 2.18. The maximum atomic E-state index is 11.9. The molecule has 2 atom stereocenters. The van der Waals surface area contributed by atoms with Gasteiger partial charge in [0.2, 0.25) is 5.91 Å². The summed E-state index contributed by atoms with van der Waals surface area (Å²) in [7, 11) is 0. The highest BCUT2D eigenvalue weighted by Gasteiger charge is 2.29. The molecule has 108 valence electrons. The number of nitrogens with two attached hydrogens (primary N) is 1. The smallest absolute Gasteiger partial charge is 0.335 e.